The number of hydrogen-bond acceptors (Lipinski definition) is 4. The van der Waals surface area contributed by atoms with Gasteiger partial charge in [-0.2, -0.15) is 0 Å². The fourth-order valence-electron chi connectivity index (χ4n) is 1.40. The number of phosphoric ester groups is 1. The summed E-state index contributed by atoms with van der Waals surface area (Å²) in [5.41, 5.74) is 0.298. The van der Waals surface area contributed by atoms with Gasteiger partial charge in [-0.15, -0.1) is 0 Å². The first-order valence-electron chi connectivity index (χ1n) is 4.37. The number of aromatic amines is 1. The number of hydrogen-bond donors (Lipinski definition) is 3. The first-order valence-corrected chi connectivity index (χ1v) is 5.90. The van der Waals surface area contributed by atoms with Crippen LogP contribution in [0, 0.1) is 10.1 Å². The molecule has 0 atom stereocenters. The van der Waals surface area contributed by atoms with Crippen LogP contribution in [0.15, 0.2) is 24.4 Å². The summed E-state index contributed by atoms with van der Waals surface area (Å²) in [5.74, 6) is -0.128. The maximum absolute atomic E-state index is 10.7. The summed E-state index contributed by atoms with van der Waals surface area (Å²) in [5, 5.41) is 10.8. The zero-order valence-corrected chi connectivity index (χ0v) is 9.13. The van der Waals surface area contributed by atoms with E-state index >= 15 is 0 Å². The van der Waals surface area contributed by atoms with Crippen LogP contribution in [-0.2, 0) is 4.57 Å². The molecule has 8 nitrogen and oxygen atoms in total. The summed E-state index contributed by atoms with van der Waals surface area (Å²) < 4.78 is 15.1. The zero-order chi connectivity index (χ0) is 12.6. The molecule has 0 aliphatic heterocycles. The van der Waals surface area contributed by atoms with E-state index in [1.165, 1.54) is 24.4 Å². The van der Waals surface area contributed by atoms with Gasteiger partial charge in [-0.05, 0) is 6.07 Å². The smallest absolute Gasteiger partial charge is 0.402 e. The summed E-state index contributed by atoms with van der Waals surface area (Å²) in [6.45, 7) is 0. The van der Waals surface area contributed by atoms with Gasteiger partial charge in [0.2, 0.25) is 0 Å². The highest BCUT2D eigenvalue weighted by Crippen LogP contribution is 2.41. The van der Waals surface area contributed by atoms with Crippen LogP contribution in [0.1, 0.15) is 0 Å². The first kappa shape index (κ1) is 11.6. The molecule has 90 valence electrons. The Balaban J connectivity index is 2.54. The molecule has 2 aromatic rings. The van der Waals surface area contributed by atoms with E-state index < -0.39 is 12.7 Å². The number of nitrogens with zero attached hydrogens (tertiary/aromatic N) is 1. The number of rotatable bonds is 3. The third kappa shape index (κ3) is 2.44. The predicted octanol–water partition coefficient (Wildman–Crippen LogP) is 1.55. The molecule has 2 rings (SSSR count). The SMILES string of the molecule is O=[N+]([O-])c1ccc2[nH]cc(OP(=O)(O)O)c2c1. The van der Waals surface area contributed by atoms with E-state index in [-0.39, 0.29) is 16.8 Å². The number of H-pyrrole nitrogens is 1. The van der Waals surface area contributed by atoms with Crippen molar-refractivity contribution < 1.29 is 23.8 Å². The van der Waals surface area contributed by atoms with Gasteiger partial charge in [0.15, 0.2) is 5.75 Å². The topological polar surface area (TPSA) is 126 Å². The molecule has 0 aliphatic rings. The summed E-state index contributed by atoms with van der Waals surface area (Å²) in [6.07, 6.45) is 1.23. The molecule has 9 heteroatoms. The normalized spacial score (nSPS) is 11.6. The molecule has 1 heterocycles. The molecule has 17 heavy (non-hydrogen) atoms. The second-order valence-corrected chi connectivity index (χ2v) is 4.39. The molecule has 0 spiro atoms. The van der Waals surface area contributed by atoms with E-state index in [1.54, 1.807) is 0 Å². The summed E-state index contributed by atoms with van der Waals surface area (Å²) in [4.78, 5) is 30.0. The fourth-order valence-corrected chi connectivity index (χ4v) is 1.81. The molecular weight excluding hydrogens is 251 g/mol. The highest BCUT2D eigenvalue weighted by atomic mass is 31.2. The second-order valence-electron chi connectivity index (χ2n) is 3.22. The van der Waals surface area contributed by atoms with Crippen molar-refractivity contribution in [1.29, 1.82) is 0 Å². The lowest BCUT2D eigenvalue weighted by molar-refractivity contribution is -0.384. The van der Waals surface area contributed by atoms with Crippen LogP contribution in [0.5, 0.6) is 5.75 Å². The van der Waals surface area contributed by atoms with Crippen LogP contribution in [0.4, 0.5) is 5.69 Å². The Kier molecular flexibility index (Phi) is 2.62. The molecule has 0 bridgehead atoms. The Bertz CT molecular complexity index is 630. The number of aromatic nitrogens is 1. The van der Waals surface area contributed by atoms with Gasteiger partial charge in [0.1, 0.15) is 0 Å². The molecule has 0 fully saturated rings. The number of fused-ring (bicyclic) bond motifs is 1. The van der Waals surface area contributed by atoms with E-state index in [0.29, 0.717) is 5.52 Å². The average Bonchev–Trinajstić information content (AvgIpc) is 2.58. The van der Waals surface area contributed by atoms with E-state index in [0.717, 1.165) is 0 Å². The van der Waals surface area contributed by atoms with Crippen LogP contribution >= 0.6 is 7.82 Å². The average molecular weight is 258 g/mol. The van der Waals surface area contributed by atoms with Crippen LogP contribution in [0.3, 0.4) is 0 Å². The Labute approximate surface area is 94.2 Å². The molecule has 0 radical (unpaired) electrons. The number of benzene rings is 1. The highest BCUT2D eigenvalue weighted by Gasteiger charge is 2.19. The van der Waals surface area contributed by atoms with Crippen LogP contribution < -0.4 is 4.52 Å². The minimum absolute atomic E-state index is 0.128. The largest absolute Gasteiger partial charge is 0.524 e. The minimum Gasteiger partial charge on any atom is -0.402 e. The van der Waals surface area contributed by atoms with Gasteiger partial charge >= 0.3 is 7.82 Å². The molecule has 0 saturated heterocycles. The number of nitro benzene ring substituents is 1. The molecule has 0 saturated carbocycles. The highest BCUT2D eigenvalue weighted by molar-refractivity contribution is 7.46. The molecule has 1 aromatic carbocycles. The van der Waals surface area contributed by atoms with Crippen molar-refractivity contribution in [1.82, 2.24) is 4.98 Å². The Morgan fingerprint density at radius 2 is 2.12 bits per heavy atom. The van der Waals surface area contributed by atoms with Gasteiger partial charge in [-0.25, -0.2) is 4.57 Å². The van der Waals surface area contributed by atoms with Gasteiger partial charge in [0.05, 0.1) is 4.92 Å². The third-order valence-electron chi connectivity index (χ3n) is 2.06. The Morgan fingerprint density at radius 1 is 1.41 bits per heavy atom. The second kappa shape index (κ2) is 3.85. The quantitative estimate of drug-likeness (QED) is 0.435. The van der Waals surface area contributed by atoms with Crippen molar-refractivity contribution in [2.45, 2.75) is 0 Å². The Morgan fingerprint density at radius 3 is 2.71 bits per heavy atom. The number of nitrogens with one attached hydrogen (secondary N) is 1. The number of nitro groups is 1. The van der Waals surface area contributed by atoms with Gasteiger partial charge in [-0.3, -0.25) is 19.9 Å². The van der Waals surface area contributed by atoms with E-state index in [1.807, 2.05) is 0 Å². The Hall–Kier alpha value is -1.89. The molecule has 0 unspecified atom stereocenters. The van der Waals surface area contributed by atoms with Crippen molar-refractivity contribution in [3.05, 3.63) is 34.5 Å². The monoisotopic (exact) mass is 258 g/mol. The van der Waals surface area contributed by atoms with Crippen molar-refractivity contribution in [2.75, 3.05) is 0 Å². The molecule has 0 amide bonds. The van der Waals surface area contributed by atoms with Gasteiger partial charge in [0.25, 0.3) is 5.69 Å². The van der Waals surface area contributed by atoms with Crippen molar-refractivity contribution >= 4 is 24.4 Å². The fraction of sp³-hybridized carbons (Fsp3) is 0. The van der Waals surface area contributed by atoms with E-state index in [2.05, 4.69) is 9.51 Å². The predicted molar refractivity (Wildman–Crippen MR) is 57.6 cm³/mol. The zero-order valence-electron chi connectivity index (χ0n) is 8.23. The maximum atomic E-state index is 10.7. The molecule has 0 aliphatic carbocycles. The van der Waals surface area contributed by atoms with Gasteiger partial charge in [-0.1, -0.05) is 0 Å². The van der Waals surface area contributed by atoms with Gasteiger partial charge in [0, 0.05) is 29.2 Å². The molecular formula is C8H7N2O6P. The molecule has 3 N–H and O–H groups in total. The number of phosphoric acid groups is 1. The van der Waals surface area contributed by atoms with E-state index in [4.69, 9.17) is 9.79 Å². The van der Waals surface area contributed by atoms with Crippen LogP contribution in [0.25, 0.3) is 10.9 Å². The van der Waals surface area contributed by atoms with Crippen molar-refractivity contribution in [3.8, 4) is 5.75 Å². The summed E-state index contributed by atoms with van der Waals surface area (Å²) >= 11 is 0. The lowest BCUT2D eigenvalue weighted by atomic mass is 10.2. The first-order chi connectivity index (χ1) is 7.87. The third-order valence-corrected chi connectivity index (χ3v) is 2.49. The molecule has 1 aromatic heterocycles. The van der Waals surface area contributed by atoms with Crippen LogP contribution in [-0.4, -0.2) is 19.7 Å². The maximum Gasteiger partial charge on any atom is 0.524 e. The van der Waals surface area contributed by atoms with Crippen molar-refractivity contribution in [3.63, 3.8) is 0 Å². The van der Waals surface area contributed by atoms with Crippen molar-refractivity contribution in [2.24, 2.45) is 0 Å². The van der Waals surface area contributed by atoms with E-state index in [9.17, 15) is 14.7 Å². The van der Waals surface area contributed by atoms with Gasteiger partial charge < -0.3 is 9.51 Å². The van der Waals surface area contributed by atoms with Crippen LogP contribution in [0.2, 0.25) is 0 Å². The lowest BCUT2D eigenvalue weighted by Gasteiger charge is -2.04. The summed E-state index contributed by atoms with van der Waals surface area (Å²) in [7, 11) is -4.69. The standard InChI is InChI=1S/C8H7N2O6P/c11-10(12)5-1-2-7-6(3-5)8(4-9-7)16-17(13,14)15/h1-4,9H,(H2,13,14,15). The minimum atomic E-state index is -4.69. The summed E-state index contributed by atoms with van der Waals surface area (Å²) in [6, 6.07) is 3.89. The lowest BCUT2D eigenvalue weighted by Crippen LogP contribution is -1.90. The number of non-ortho nitro benzene ring substituents is 1.